The van der Waals surface area contributed by atoms with E-state index in [2.05, 4.69) is 4.98 Å². The van der Waals surface area contributed by atoms with Crippen LogP contribution in [-0.4, -0.2) is 18.0 Å². The maximum Gasteiger partial charge on any atom is 1.00 e. The van der Waals surface area contributed by atoms with Crippen molar-refractivity contribution >= 4 is 31.8 Å². The van der Waals surface area contributed by atoms with Gasteiger partial charge in [-0.1, -0.05) is 18.2 Å². The number of aromatic amines is 1. The van der Waals surface area contributed by atoms with E-state index < -0.39 is 10.1 Å². The smallest absolute Gasteiger partial charge is 0.744 e. The second kappa shape index (κ2) is 5.31. The molecular formula is C13H8NNaO4S. The molecule has 96 valence electrons. The molecular weight excluding hydrogens is 289 g/mol. The second-order valence-corrected chi connectivity index (χ2v) is 5.49. The molecule has 0 aliphatic heterocycles. The first-order chi connectivity index (χ1) is 8.98. The van der Waals surface area contributed by atoms with Crippen LogP contribution in [-0.2, 0) is 10.1 Å². The van der Waals surface area contributed by atoms with Gasteiger partial charge in [0.25, 0.3) is 0 Å². The molecule has 0 saturated carbocycles. The van der Waals surface area contributed by atoms with Crippen molar-refractivity contribution in [3.63, 3.8) is 0 Å². The summed E-state index contributed by atoms with van der Waals surface area (Å²) >= 11 is 0. The minimum Gasteiger partial charge on any atom is -0.744 e. The van der Waals surface area contributed by atoms with Crippen LogP contribution in [0.1, 0.15) is 0 Å². The summed E-state index contributed by atoms with van der Waals surface area (Å²) in [6.45, 7) is 0. The average Bonchev–Trinajstić information content (AvgIpc) is 2.37. The Morgan fingerprint density at radius 3 is 2.50 bits per heavy atom. The summed E-state index contributed by atoms with van der Waals surface area (Å²) in [4.78, 5) is 14.5. The van der Waals surface area contributed by atoms with Crippen molar-refractivity contribution in [1.29, 1.82) is 0 Å². The fourth-order valence-corrected chi connectivity index (χ4v) is 2.87. The second-order valence-electron chi connectivity index (χ2n) is 4.14. The van der Waals surface area contributed by atoms with Crippen molar-refractivity contribution in [3.8, 4) is 0 Å². The number of hydrogen-bond acceptors (Lipinski definition) is 4. The number of nitrogens with one attached hydrogen (secondary N) is 1. The van der Waals surface area contributed by atoms with Crippen LogP contribution in [0.25, 0.3) is 21.7 Å². The van der Waals surface area contributed by atoms with Crippen molar-refractivity contribution in [1.82, 2.24) is 4.98 Å². The maximum absolute atomic E-state index is 12.0. The fraction of sp³-hybridized carbons (Fsp3) is 0. The molecule has 0 aliphatic rings. The number of fused-ring (bicyclic) bond motifs is 3. The van der Waals surface area contributed by atoms with Crippen molar-refractivity contribution < 1.29 is 42.5 Å². The Balaban J connectivity index is 0.00000147. The Kier molecular flexibility index (Phi) is 4.04. The Bertz CT molecular complexity index is 963. The molecule has 0 aliphatic carbocycles. The molecule has 7 heteroatoms. The van der Waals surface area contributed by atoms with Gasteiger partial charge in [-0.2, -0.15) is 0 Å². The number of H-pyrrole nitrogens is 1. The molecule has 1 aromatic heterocycles. The first-order valence-electron chi connectivity index (χ1n) is 5.47. The molecule has 0 bridgehead atoms. The Morgan fingerprint density at radius 2 is 1.80 bits per heavy atom. The van der Waals surface area contributed by atoms with Gasteiger partial charge in [0, 0.05) is 11.6 Å². The molecule has 0 saturated heterocycles. The van der Waals surface area contributed by atoms with Crippen LogP contribution in [0.15, 0.2) is 52.3 Å². The van der Waals surface area contributed by atoms with E-state index in [4.69, 9.17) is 0 Å². The van der Waals surface area contributed by atoms with Gasteiger partial charge in [0.1, 0.15) is 10.1 Å². The van der Waals surface area contributed by atoms with Crippen molar-refractivity contribution in [2.75, 3.05) is 0 Å². The Labute approximate surface area is 136 Å². The zero-order chi connectivity index (χ0) is 13.6. The molecule has 3 aromatic rings. The molecule has 0 unspecified atom stereocenters. The molecule has 0 fully saturated rings. The van der Waals surface area contributed by atoms with Gasteiger partial charge in [0.05, 0.1) is 15.8 Å². The normalized spacial score (nSPS) is 11.4. The van der Waals surface area contributed by atoms with E-state index in [9.17, 15) is 17.8 Å². The van der Waals surface area contributed by atoms with E-state index in [-0.39, 0.29) is 50.7 Å². The van der Waals surface area contributed by atoms with Crippen molar-refractivity contribution in [2.24, 2.45) is 0 Å². The van der Waals surface area contributed by atoms with E-state index in [0.29, 0.717) is 5.52 Å². The number of pyridine rings is 1. The van der Waals surface area contributed by atoms with E-state index in [1.165, 1.54) is 6.07 Å². The van der Waals surface area contributed by atoms with E-state index in [0.717, 1.165) is 17.5 Å². The molecule has 20 heavy (non-hydrogen) atoms. The number of hydrogen-bond donors (Lipinski definition) is 1. The van der Waals surface area contributed by atoms with Crippen molar-refractivity contribution in [3.05, 3.63) is 52.8 Å². The van der Waals surface area contributed by atoms with Gasteiger partial charge in [0.2, 0.25) is 0 Å². The molecule has 0 amide bonds. The molecule has 3 rings (SSSR count). The predicted molar refractivity (Wildman–Crippen MR) is 70.0 cm³/mol. The summed E-state index contributed by atoms with van der Waals surface area (Å²) < 4.78 is 33.7. The average molecular weight is 297 g/mol. The topological polar surface area (TPSA) is 90.1 Å². The number of rotatable bonds is 1. The summed E-state index contributed by atoms with van der Waals surface area (Å²) in [5, 5.41) is 1.14. The molecule has 0 spiro atoms. The summed E-state index contributed by atoms with van der Waals surface area (Å²) in [5.74, 6) is 0. The predicted octanol–water partition coefficient (Wildman–Crippen LogP) is -1.41. The Morgan fingerprint density at radius 1 is 1.05 bits per heavy atom. The summed E-state index contributed by atoms with van der Waals surface area (Å²) in [6.07, 6.45) is 1.64. The van der Waals surface area contributed by atoms with Crippen LogP contribution in [0.4, 0.5) is 0 Å². The van der Waals surface area contributed by atoms with Crippen LogP contribution in [0.3, 0.4) is 0 Å². The monoisotopic (exact) mass is 297 g/mol. The number of benzene rings is 2. The Hall–Kier alpha value is -1.18. The third kappa shape index (κ3) is 2.41. The fourth-order valence-electron chi connectivity index (χ4n) is 2.20. The largest absolute Gasteiger partial charge is 1.00 e. The van der Waals surface area contributed by atoms with Gasteiger partial charge in [0.15, 0.2) is 5.43 Å². The summed E-state index contributed by atoms with van der Waals surface area (Å²) in [6, 6.07) is 8.88. The minimum atomic E-state index is -4.62. The zero-order valence-electron chi connectivity index (χ0n) is 10.6. The van der Waals surface area contributed by atoms with Crippen LogP contribution in [0.5, 0.6) is 0 Å². The van der Waals surface area contributed by atoms with Crippen LogP contribution in [0, 0.1) is 0 Å². The third-order valence-corrected chi connectivity index (χ3v) is 3.90. The molecule has 1 N–H and O–H groups in total. The molecule has 1 heterocycles. The van der Waals surface area contributed by atoms with Gasteiger partial charge in [-0.3, -0.25) is 4.79 Å². The first kappa shape index (κ1) is 15.2. The SMILES string of the molecule is O=c1ccc(S(=O)(=O)[O-])c2ccc3ccc[nH]c3c12.[Na+]. The van der Waals surface area contributed by atoms with Crippen LogP contribution < -0.4 is 35.0 Å². The maximum atomic E-state index is 12.0. The third-order valence-electron chi connectivity index (χ3n) is 3.00. The first-order valence-corrected chi connectivity index (χ1v) is 6.88. The van der Waals surface area contributed by atoms with Crippen LogP contribution in [0.2, 0.25) is 0 Å². The molecule has 2 aromatic carbocycles. The van der Waals surface area contributed by atoms with Gasteiger partial charge in [-0.15, -0.1) is 0 Å². The van der Waals surface area contributed by atoms with E-state index in [1.807, 2.05) is 0 Å². The molecule has 5 nitrogen and oxygen atoms in total. The molecule has 0 radical (unpaired) electrons. The minimum absolute atomic E-state index is 0. The zero-order valence-corrected chi connectivity index (χ0v) is 13.4. The van der Waals surface area contributed by atoms with Crippen molar-refractivity contribution in [2.45, 2.75) is 4.90 Å². The van der Waals surface area contributed by atoms with Gasteiger partial charge in [-0.25, -0.2) is 8.42 Å². The van der Waals surface area contributed by atoms with Gasteiger partial charge < -0.3 is 9.54 Å². The molecule has 0 atom stereocenters. The van der Waals surface area contributed by atoms with Gasteiger partial charge in [-0.05, 0) is 23.6 Å². The van der Waals surface area contributed by atoms with Gasteiger partial charge >= 0.3 is 29.6 Å². The summed E-state index contributed by atoms with van der Waals surface area (Å²) in [5.41, 5.74) is 0.200. The van der Waals surface area contributed by atoms with E-state index >= 15 is 0 Å². The standard InChI is InChI=1S/C13H9NO4S.Na/c15-10-5-6-11(19(16,17)18)9-4-3-8-2-1-7-14-13(8)12(9)10;/h1-7,14H,(H,16,17,18);/q;+1/p-1. The van der Waals surface area contributed by atoms with Crippen LogP contribution >= 0.6 is 0 Å². The van der Waals surface area contributed by atoms with E-state index in [1.54, 1.807) is 24.4 Å². The number of aromatic nitrogens is 1. The quantitative estimate of drug-likeness (QED) is 0.339. The summed E-state index contributed by atoms with van der Waals surface area (Å²) in [7, 11) is -4.62.